The molecule has 64 valence electrons. The first-order valence-corrected chi connectivity index (χ1v) is 4.64. The predicted octanol–water partition coefficient (Wildman–Crippen LogP) is 2.00. The van der Waals surface area contributed by atoms with Crippen molar-refractivity contribution in [1.29, 1.82) is 0 Å². The minimum absolute atomic E-state index is 0.169. The van der Waals surface area contributed by atoms with E-state index in [1.807, 2.05) is 0 Å². The number of benzene rings is 1. The number of alkyl halides is 3. The molecule has 0 bridgehead atoms. The van der Waals surface area contributed by atoms with Gasteiger partial charge in [-0.15, -0.1) is 0 Å². The molecule has 0 aliphatic heterocycles. The summed E-state index contributed by atoms with van der Waals surface area (Å²) in [6, 6.07) is 8.00. The zero-order valence-corrected chi connectivity index (χ0v) is 7.23. The predicted molar refractivity (Wildman–Crippen MR) is 42.7 cm³/mol. The molecule has 0 saturated heterocycles. The Hall–Kier alpha value is -0.773. The van der Waals surface area contributed by atoms with Crippen molar-refractivity contribution in [2.24, 2.45) is 0 Å². The monoisotopic (exact) mass is 188 g/mol. The molecule has 0 saturated carbocycles. The molecule has 2 radical (unpaired) electrons. The van der Waals surface area contributed by atoms with E-state index in [1.54, 1.807) is 30.3 Å². The number of halogens is 3. The SMILES string of the molecule is FC(F)(F)C[Si]c1ccccc1. The molecule has 0 nitrogen and oxygen atoms in total. The summed E-state index contributed by atoms with van der Waals surface area (Å²) in [5.74, 6) is 0. The van der Waals surface area contributed by atoms with Crippen LogP contribution in [0.15, 0.2) is 30.3 Å². The van der Waals surface area contributed by atoms with Crippen molar-refractivity contribution in [2.45, 2.75) is 12.2 Å². The molecule has 4 heteroatoms. The number of hydrogen-bond donors (Lipinski definition) is 0. The lowest BCUT2D eigenvalue weighted by atomic mass is 10.4. The van der Waals surface area contributed by atoms with Crippen LogP contribution in [-0.4, -0.2) is 15.7 Å². The van der Waals surface area contributed by atoms with Gasteiger partial charge in [-0.3, -0.25) is 0 Å². The topological polar surface area (TPSA) is 0 Å². The summed E-state index contributed by atoms with van der Waals surface area (Å²) in [4.78, 5) is 0. The Morgan fingerprint density at radius 2 is 1.67 bits per heavy atom. The molecule has 0 atom stereocenters. The van der Waals surface area contributed by atoms with Crippen molar-refractivity contribution < 1.29 is 13.2 Å². The van der Waals surface area contributed by atoms with Crippen molar-refractivity contribution in [3.05, 3.63) is 30.3 Å². The second-order valence-corrected chi connectivity index (χ2v) is 3.62. The van der Waals surface area contributed by atoms with E-state index in [2.05, 4.69) is 0 Å². The van der Waals surface area contributed by atoms with E-state index in [0.717, 1.165) is 5.19 Å². The highest BCUT2D eigenvalue weighted by atomic mass is 28.2. The fraction of sp³-hybridized carbons (Fsp3) is 0.250. The molecule has 0 N–H and O–H groups in total. The van der Waals surface area contributed by atoms with Gasteiger partial charge in [-0.25, -0.2) is 0 Å². The third kappa shape index (κ3) is 3.57. The van der Waals surface area contributed by atoms with Crippen LogP contribution in [0.2, 0.25) is 6.04 Å². The van der Waals surface area contributed by atoms with Crippen LogP contribution < -0.4 is 5.19 Å². The van der Waals surface area contributed by atoms with E-state index < -0.39 is 12.2 Å². The van der Waals surface area contributed by atoms with Gasteiger partial charge in [-0.1, -0.05) is 35.5 Å². The van der Waals surface area contributed by atoms with Crippen molar-refractivity contribution >= 4 is 14.7 Å². The molecule has 1 rings (SSSR count). The van der Waals surface area contributed by atoms with Gasteiger partial charge in [-0.05, 0) is 0 Å². The average molecular weight is 188 g/mol. The van der Waals surface area contributed by atoms with Crippen LogP contribution in [0, 0.1) is 0 Å². The molecule has 0 aromatic heterocycles. The quantitative estimate of drug-likeness (QED) is 0.623. The maximum atomic E-state index is 11.7. The van der Waals surface area contributed by atoms with Crippen LogP contribution in [0.3, 0.4) is 0 Å². The summed E-state index contributed by atoms with van der Waals surface area (Å²) in [5, 5.41) is 0.759. The summed E-state index contributed by atoms with van der Waals surface area (Å²) in [6.07, 6.45) is -4.03. The molecule has 0 aliphatic rings. The molecule has 12 heavy (non-hydrogen) atoms. The molecule has 1 aromatic rings. The van der Waals surface area contributed by atoms with Crippen LogP contribution >= 0.6 is 0 Å². The van der Waals surface area contributed by atoms with Gasteiger partial charge in [-0.2, -0.15) is 13.2 Å². The first-order chi connectivity index (χ1) is 5.58. The van der Waals surface area contributed by atoms with E-state index >= 15 is 0 Å². The lowest BCUT2D eigenvalue weighted by Gasteiger charge is -2.03. The van der Waals surface area contributed by atoms with Crippen molar-refractivity contribution in [3.8, 4) is 0 Å². The number of rotatable bonds is 2. The molecule has 1 aromatic carbocycles. The Balaban J connectivity index is 2.44. The third-order valence-electron chi connectivity index (χ3n) is 1.27. The van der Waals surface area contributed by atoms with Crippen molar-refractivity contribution in [1.82, 2.24) is 0 Å². The Morgan fingerprint density at radius 3 is 2.17 bits per heavy atom. The van der Waals surface area contributed by atoms with E-state index in [4.69, 9.17) is 0 Å². The second kappa shape index (κ2) is 3.76. The maximum Gasteiger partial charge on any atom is 0.386 e. The zero-order valence-electron chi connectivity index (χ0n) is 6.23. The van der Waals surface area contributed by atoms with Crippen LogP contribution in [0.25, 0.3) is 0 Å². The molecule has 0 fully saturated rings. The van der Waals surface area contributed by atoms with Crippen LogP contribution in [-0.2, 0) is 0 Å². The second-order valence-electron chi connectivity index (χ2n) is 2.33. The summed E-state index contributed by atoms with van der Waals surface area (Å²) in [5.41, 5.74) is 0. The van der Waals surface area contributed by atoms with Gasteiger partial charge >= 0.3 is 6.18 Å². The van der Waals surface area contributed by atoms with Crippen LogP contribution in [0.4, 0.5) is 13.2 Å². The number of hydrogen-bond acceptors (Lipinski definition) is 0. The highest BCUT2D eigenvalue weighted by Crippen LogP contribution is 2.18. The lowest BCUT2D eigenvalue weighted by Crippen LogP contribution is -2.20. The molecule has 0 amide bonds. The van der Waals surface area contributed by atoms with Crippen molar-refractivity contribution in [3.63, 3.8) is 0 Å². The Morgan fingerprint density at radius 1 is 1.08 bits per heavy atom. The fourth-order valence-corrected chi connectivity index (χ4v) is 1.59. The highest BCUT2D eigenvalue weighted by molar-refractivity contribution is 6.53. The standard InChI is InChI=1S/C8H7F3Si/c9-8(10,11)6-12-7-4-2-1-3-5-7/h1-5H,6H2. The van der Waals surface area contributed by atoms with Gasteiger partial charge in [0.1, 0.15) is 0 Å². The van der Waals surface area contributed by atoms with Gasteiger partial charge < -0.3 is 0 Å². The van der Waals surface area contributed by atoms with E-state index in [9.17, 15) is 13.2 Å². The van der Waals surface area contributed by atoms with Gasteiger partial charge in [0.15, 0.2) is 0 Å². The van der Waals surface area contributed by atoms with Crippen LogP contribution in [0.1, 0.15) is 0 Å². The Labute approximate surface area is 71.2 Å². The lowest BCUT2D eigenvalue weighted by molar-refractivity contribution is -0.109. The normalized spacial score (nSPS) is 11.6. The smallest absolute Gasteiger partial charge is 0.172 e. The van der Waals surface area contributed by atoms with E-state index in [1.165, 1.54) is 0 Å². The summed E-state index contributed by atoms with van der Waals surface area (Å²) < 4.78 is 35.2. The molecule has 0 heterocycles. The van der Waals surface area contributed by atoms with Crippen molar-refractivity contribution in [2.75, 3.05) is 0 Å². The molecule has 0 spiro atoms. The fourth-order valence-electron chi connectivity index (χ4n) is 0.758. The molecule has 0 unspecified atom stereocenters. The summed E-state index contributed by atoms with van der Waals surface area (Å²) >= 11 is 0. The van der Waals surface area contributed by atoms with Gasteiger partial charge in [0.25, 0.3) is 0 Å². The average Bonchev–Trinajstić information content (AvgIpc) is 2.02. The van der Waals surface area contributed by atoms with Crippen LogP contribution in [0.5, 0.6) is 0 Å². The molecular formula is C8H7F3Si. The zero-order chi connectivity index (χ0) is 9.03. The van der Waals surface area contributed by atoms with E-state index in [0.29, 0.717) is 0 Å². The van der Waals surface area contributed by atoms with Gasteiger partial charge in [0.2, 0.25) is 0 Å². The first kappa shape index (κ1) is 9.32. The summed E-state index contributed by atoms with van der Waals surface area (Å²) in [6.45, 7) is 0. The highest BCUT2D eigenvalue weighted by Gasteiger charge is 2.26. The summed E-state index contributed by atoms with van der Waals surface area (Å²) in [7, 11) is -0.169. The molecular weight excluding hydrogens is 181 g/mol. The Kier molecular flexibility index (Phi) is 2.92. The third-order valence-corrected chi connectivity index (χ3v) is 2.59. The van der Waals surface area contributed by atoms with E-state index in [-0.39, 0.29) is 9.52 Å². The minimum atomic E-state index is -4.03. The van der Waals surface area contributed by atoms with Gasteiger partial charge in [0.05, 0.1) is 9.52 Å². The maximum absolute atomic E-state index is 11.7. The van der Waals surface area contributed by atoms with Gasteiger partial charge in [0, 0.05) is 6.04 Å². The first-order valence-electron chi connectivity index (χ1n) is 3.43. The largest absolute Gasteiger partial charge is 0.386 e. The minimum Gasteiger partial charge on any atom is -0.172 e. The molecule has 0 aliphatic carbocycles. The Bertz CT molecular complexity index is 230.